The van der Waals surface area contributed by atoms with Gasteiger partial charge in [-0.2, -0.15) is 5.10 Å². The highest BCUT2D eigenvalue weighted by Gasteiger charge is 2.07. The van der Waals surface area contributed by atoms with Crippen molar-refractivity contribution in [2.75, 3.05) is 18.5 Å². The molecule has 21 heavy (non-hydrogen) atoms. The molecule has 0 bridgehead atoms. The third-order valence-electron chi connectivity index (χ3n) is 3.29. The van der Waals surface area contributed by atoms with Crippen molar-refractivity contribution >= 4 is 11.6 Å². The SMILES string of the molecule is Cc1n[nH]c(C)c1CNc1ccc(C(=O)NCCO)cc1. The first-order valence-corrected chi connectivity index (χ1v) is 6.85. The van der Waals surface area contributed by atoms with Gasteiger partial charge in [-0.25, -0.2) is 0 Å². The zero-order valence-electron chi connectivity index (χ0n) is 12.2. The molecular weight excluding hydrogens is 268 g/mol. The Bertz CT molecular complexity index is 585. The molecule has 1 aromatic heterocycles. The van der Waals surface area contributed by atoms with Crippen LogP contribution < -0.4 is 10.6 Å². The number of hydrogen-bond donors (Lipinski definition) is 4. The lowest BCUT2D eigenvalue weighted by atomic mass is 10.1. The van der Waals surface area contributed by atoms with E-state index < -0.39 is 0 Å². The highest BCUT2D eigenvalue weighted by molar-refractivity contribution is 5.94. The zero-order chi connectivity index (χ0) is 15.2. The van der Waals surface area contributed by atoms with Gasteiger partial charge in [-0.15, -0.1) is 0 Å². The minimum atomic E-state index is -0.183. The van der Waals surface area contributed by atoms with Gasteiger partial charge in [0.2, 0.25) is 0 Å². The van der Waals surface area contributed by atoms with E-state index in [-0.39, 0.29) is 19.1 Å². The highest BCUT2D eigenvalue weighted by Crippen LogP contribution is 2.14. The molecule has 2 aromatic rings. The lowest BCUT2D eigenvalue weighted by Crippen LogP contribution is -2.26. The van der Waals surface area contributed by atoms with E-state index in [9.17, 15) is 4.79 Å². The van der Waals surface area contributed by atoms with Crippen LogP contribution >= 0.6 is 0 Å². The van der Waals surface area contributed by atoms with Crippen molar-refractivity contribution in [3.05, 3.63) is 46.8 Å². The van der Waals surface area contributed by atoms with Crippen molar-refractivity contribution in [1.82, 2.24) is 15.5 Å². The van der Waals surface area contributed by atoms with E-state index in [2.05, 4.69) is 20.8 Å². The van der Waals surface area contributed by atoms with Crippen LogP contribution in [0.5, 0.6) is 0 Å². The van der Waals surface area contributed by atoms with E-state index in [4.69, 9.17) is 5.11 Å². The number of aryl methyl sites for hydroxylation is 2. The maximum atomic E-state index is 11.7. The summed E-state index contributed by atoms with van der Waals surface area (Å²) in [5.41, 5.74) is 4.71. The van der Waals surface area contributed by atoms with Gasteiger partial charge in [0.25, 0.3) is 5.91 Å². The van der Waals surface area contributed by atoms with Crippen LogP contribution in [-0.4, -0.2) is 34.4 Å². The molecule has 0 saturated heterocycles. The highest BCUT2D eigenvalue weighted by atomic mass is 16.3. The van der Waals surface area contributed by atoms with E-state index in [0.717, 1.165) is 22.6 Å². The van der Waals surface area contributed by atoms with Gasteiger partial charge >= 0.3 is 0 Å². The fourth-order valence-electron chi connectivity index (χ4n) is 2.04. The number of benzene rings is 1. The quantitative estimate of drug-likeness (QED) is 0.646. The van der Waals surface area contributed by atoms with Crippen LogP contribution in [-0.2, 0) is 6.54 Å². The van der Waals surface area contributed by atoms with E-state index in [1.807, 2.05) is 26.0 Å². The molecule has 0 aliphatic heterocycles. The van der Waals surface area contributed by atoms with Gasteiger partial charge in [0, 0.05) is 35.6 Å². The maximum Gasteiger partial charge on any atom is 0.251 e. The van der Waals surface area contributed by atoms with Crippen LogP contribution in [0.2, 0.25) is 0 Å². The number of H-pyrrole nitrogens is 1. The molecule has 4 N–H and O–H groups in total. The molecule has 0 spiro atoms. The fourth-order valence-corrected chi connectivity index (χ4v) is 2.04. The summed E-state index contributed by atoms with van der Waals surface area (Å²) in [5, 5.41) is 21.7. The molecule has 0 aliphatic rings. The van der Waals surface area contributed by atoms with Gasteiger partial charge in [-0.05, 0) is 38.1 Å². The molecule has 0 aliphatic carbocycles. The molecular formula is C15H20N4O2. The topological polar surface area (TPSA) is 90.0 Å². The van der Waals surface area contributed by atoms with Crippen molar-refractivity contribution < 1.29 is 9.90 Å². The summed E-state index contributed by atoms with van der Waals surface area (Å²) in [5.74, 6) is -0.183. The summed E-state index contributed by atoms with van der Waals surface area (Å²) < 4.78 is 0. The number of nitrogens with one attached hydrogen (secondary N) is 3. The first kappa shape index (κ1) is 15.1. The summed E-state index contributed by atoms with van der Waals surface area (Å²) in [6.45, 7) is 4.84. The van der Waals surface area contributed by atoms with Crippen LogP contribution in [0.1, 0.15) is 27.3 Å². The predicted octanol–water partition coefficient (Wildman–Crippen LogP) is 1.36. The molecule has 0 saturated carbocycles. The molecule has 112 valence electrons. The van der Waals surface area contributed by atoms with Crippen molar-refractivity contribution in [2.24, 2.45) is 0 Å². The van der Waals surface area contributed by atoms with Crippen LogP contribution in [0.4, 0.5) is 5.69 Å². The Morgan fingerprint density at radius 1 is 1.29 bits per heavy atom. The van der Waals surface area contributed by atoms with Crippen LogP contribution in [0, 0.1) is 13.8 Å². The number of hydrogen-bond acceptors (Lipinski definition) is 4. The molecule has 1 heterocycles. The smallest absolute Gasteiger partial charge is 0.251 e. The molecule has 0 unspecified atom stereocenters. The van der Waals surface area contributed by atoms with Gasteiger partial charge in [-0.3, -0.25) is 9.89 Å². The Hall–Kier alpha value is -2.34. The van der Waals surface area contributed by atoms with E-state index in [1.54, 1.807) is 12.1 Å². The minimum absolute atomic E-state index is 0.0607. The van der Waals surface area contributed by atoms with Crippen LogP contribution in [0.25, 0.3) is 0 Å². The van der Waals surface area contributed by atoms with Crippen molar-refractivity contribution in [2.45, 2.75) is 20.4 Å². The maximum absolute atomic E-state index is 11.7. The molecule has 0 atom stereocenters. The number of aromatic amines is 1. The summed E-state index contributed by atoms with van der Waals surface area (Å²) in [6.07, 6.45) is 0. The molecule has 6 heteroatoms. The Kier molecular flexibility index (Phi) is 4.94. The number of carbonyl (C=O) groups excluding carboxylic acids is 1. The number of aliphatic hydroxyl groups is 1. The van der Waals surface area contributed by atoms with Gasteiger partial charge < -0.3 is 15.7 Å². The summed E-state index contributed by atoms with van der Waals surface area (Å²) in [4.78, 5) is 11.7. The molecule has 2 rings (SSSR count). The fraction of sp³-hybridized carbons (Fsp3) is 0.333. The standard InChI is InChI=1S/C15H20N4O2/c1-10-14(11(2)19-18-10)9-17-13-5-3-12(4-6-13)15(21)16-7-8-20/h3-6,17,20H,7-9H2,1-2H3,(H,16,21)(H,18,19). The Morgan fingerprint density at radius 3 is 2.57 bits per heavy atom. The van der Waals surface area contributed by atoms with Crippen molar-refractivity contribution in [1.29, 1.82) is 0 Å². The van der Waals surface area contributed by atoms with E-state index >= 15 is 0 Å². The minimum Gasteiger partial charge on any atom is -0.395 e. The second-order valence-corrected chi connectivity index (χ2v) is 4.82. The Labute approximate surface area is 123 Å². The molecule has 1 aromatic carbocycles. The van der Waals surface area contributed by atoms with Crippen molar-refractivity contribution in [3.8, 4) is 0 Å². The molecule has 1 amide bonds. The van der Waals surface area contributed by atoms with Crippen LogP contribution in [0.3, 0.4) is 0 Å². The zero-order valence-corrected chi connectivity index (χ0v) is 12.2. The predicted molar refractivity (Wildman–Crippen MR) is 81.2 cm³/mol. The largest absolute Gasteiger partial charge is 0.395 e. The average molecular weight is 288 g/mol. The summed E-state index contributed by atoms with van der Waals surface area (Å²) in [7, 11) is 0. The van der Waals surface area contributed by atoms with Gasteiger partial charge in [0.15, 0.2) is 0 Å². The lowest BCUT2D eigenvalue weighted by molar-refractivity contribution is 0.0945. The van der Waals surface area contributed by atoms with E-state index in [1.165, 1.54) is 0 Å². The second-order valence-electron chi connectivity index (χ2n) is 4.82. The second kappa shape index (κ2) is 6.90. The van der Waals surface area contributed by atoms with Gasteiger partial charge in [0.1, 0.15) is 0 Å². The average Bonchev–Trinajstić information content (AvgIpc) is 2.82. The molecule has 0 fully saturated rings. The number of rotatable bonds is 6. The number of aromatic nitrogens is 2. The van der Waals surface area contributed by atoms with E-state index in [0.29, 0.717) is 12.1 Å². The normalized spacial score (nSPS) is 10.4. The van der Waals surface area contributed by atoms with Crippen LogP contribution in [0.15, 0.2) is 24.3 Å². The third kappa shape index (κ3) is 3.82. The number of amides is 1. The monoisotopic (exact) mass is 288 g/mol. The first-order chi connectivity index (χ1) is 10.1. The number of carbonyl (C=O) groups is 1. The Balaban J connectivity index is 1.95. The number of anilines is 1. The first-order valence-electron chi connectivity index (χ1n) is 6.85. The lowest BCUT2D eigenvalue weighted by Gasteiger charge is -2.08. The van der Waals surface area contributed by atoms with Crippen molar-refractivity contribution in [3.63, 3.8) is 0 Å². The summed E-state index contributed by atoms with van der Waals surface area (Å²) >= 11 is 0. The molecule has 0 radical (unpaired) electrons. The molecule has 6 nitrogen and oxygen atoms in total. The summed E-state index contributed by atoms with van der Waals surface area (Å²) in [6, 6.07) is 7.23. The van der Waals surface area contributed by atoms with Gasteiger partial charge in [-0.1, -0.05) is 0 Å². The number of nitrogens with zero attached hydrogens (tertiary/aromatic N) is 1. The van der Waals surface area contributed by atoms with Gasteiger partial charge in [0.05, 0.1) is 12.3 Å². The Morgan fingerprint density at radius 2 is 2.00 bits per heavy atom. The third-order valence-corrected chi connectivity index (χ3v) is 3.29. The number of aliphatic hydroxyl groups excluding tert-OH is 1.